The van der Waals surface area contributed by atoms with Crippen molar-refractivity contribution < 1.29 is 24.2 Å². The summed E-state index contributed by atoms with van der Waals surface area (Å²) in [5.41, 5.74) is 3.42. The zero-order chi connectivity index (χ0) is 23.7. The highest BCUT2D eigenvalue weighted by atomic mass is 16.5. The minimum Gasteiger partial charge on any atom is -0.507 e. The van der Waals surface area contributed by atoms with Crippen molar-refractivity contribution in [2.75, 3.05) is 19.1 Å². The number of aliphatic hydroxyl groups is 1. The van der Waals surface area contributed by atoms with Crippen LogP contribution >= 0.6 is 0 Å². The SMILES string of the molecule is COc1ccc(/C(O)=C2/C(=O)C(=O)N(c3cc(C)cc(C)c3)C2c2cccnc2)cc1OC. The molecule has 3 aromatic rings. The maximum atomic E-state index is 13.2. The highest BCUT2D eigenvalue weighted by Gasteiger charge is 2.47. The fourth-order valence-electron chi connectivity index (χ4n) is 4.18. The lowest BCUT2D eigenvalue weighted by Crippen LogP contribution is -2.29. The predicted molar refractivity (Wildman–Crippen MR) is 124 cm³/mol. The first-order valence-electron chi connectivity index (χ1n) is 10.4. The number of amides is 1. The van der Waals surface area contributed by atoms with Gasteiger partial charge in [-0.3, -0.25) is 19.5 Å². The van der Waals surface area contributed by atoms with Crippen LogP contribution in [0, 0.1) is 13.8 Å². The van der Waals surface area contributed by atoms with Crippen LogP contribution in [0.4, 0.5) is 5.69 Å². The third kappa shape index (κ3) is 3.93. The van der Waals surface area contributed by atoms with Gasteiger partial charge in [-0.05, 0) is 66.9 Å². The number of benzene rings is 2. The van der Waals surface area contributed by atoms with Crippen LogP contribution < -0.4 is 14.4 Å². The number of aliphatic hydroxyl groups excluding tert-OH is 1. The van der Waals surface area contributed by atoms with E-state index < -0.39 is 17.7 Å². The van der Waals surface area contributed by atoms with Gasteiger partial charge >= 0.3 is 0 Å². The second-order valence-electron chi connectivity index (χ2n) is 7.87. The van der Waals surface area contributed by atoms with E-state index in [0.717, 1.165) is 11.1 Å². The minimum atomic E-state index is -0.840. The number of pyridine rings is 1. The van der Waals surface area contributed by atoms with E-state index in [4.69, 9.17) is 9.47 Å². The van der Waals surface area contributed by atoms with Gasteiger partial charge in [0.25, 0.3) is 11.7 Å². The summed E-state index contributed by atoms with van der Waals surface area (Å²) in [7, 11) is 2.99. The largest absolute Gasteiger partial charge is 0.507 e. The third-order valence-electron chi connectivity index (χ3n) is 5.59. The van der Waals surface area contributed by atoms with Gasteiger partial charge in [0.1, 0.15) is 5.76 Å². The fourth-order valence-corrected chi connectivity index (χ4v) is 4.18. The van der Waals surface area contributed by atoms with Crippen molar-refractivity contribution in [2.45, 2.75) is 19.9 Å². The van der Waals surface area contributed by atoms with E-state index in [9.17, 15) is 14.7 Å². The molecule has 168 valence electrons. The van der Waals surface area contributed by atoms with Crippen molar-refractivity contribution in [3.8, 4) is 11.5 Å². The molecule has 0 bridgehead atoms. The molecule has 33 heavy (non-hydrogen) atoms. The van der Waals surface area contributed by atoms with Crippen LogP contribution in [0.15, 0.2) is 66.5 Å². The molecule has 0 aliphatic carbocycles. The number of rotatable bonds is 5. The lowest BCUT2D eigenvalue weighted by molar-refractivity contribution is -0.132. The van der Waals surface area contributed by atoms with Gasteiger partial charge in [0.15, 0.2) is 11.5 Å². The highest BCUT2D eigenvalue weighted by Crippen LogP contribution is 2.43. The normalized spacial score (nSPS) is 17.3. The lowest BCUT2D eigenvalue weighted by Gasteiger charge is -2.26. The van der Waals surface area contributed by atoms with E-state index in [1.165, 1.54) is 19.1 Å². The van der Waals surface area contributed by atoms with E-state index in [0.29, 0.717) is 28.3 Å². The molecule has 7 heteroatoms. The summed E-state index contributed by atoms with van der Waals surface area (Å²) in [6.45, 7) is 3.85. The number of Topliss-reactive ketones (excluding diaryl/α,β-unsaturated/α-hetero) is 1. The van der Waals surface area contributed by atoms with Crippen molar-refractivity contribution in [1.82, 2.24) is 4.98 Å². The summed E-state index contributed by atoms with van der Waals surface area (Å²) in [5.74, 6) is -0.905. The van der Waals surface area contributed by atoms with Crippen LogP contribution in [0.3, 0.4) is 0 Å². The first-order chi connectivity index (χ1) is 15.8. The number of methoxy groups -OCH3 is 2. The van der Waals surface area contributed by atoms with Crippen LogP contribution in [0.1, 0.15) is 28.3 Å². The third-order valence-corrected chi connectivity index (χ3v) is 5.59. The number of ketones is 1. The first kappa shape index (κ1) is 22.1. The van der Waals surface area contributed by atoms with Crippen molar-refractivity contribution >= 4 is 23.1 Å². The topological polar surface area (TPSA) is 89.0 Å². The summed E-state index contributed by atoms with van der Waals surface area (Å²) in [6, 6.07) is 13.2. The molecule has 0 spiro atoms. The van der Waals surface area contributed by atoms with E-state index >= 15 is 0 Å². The second-order valence-corrected chi connectivity index (χ2v) is 7.87. The Morgan fingerprint density at radius 3 is 2.27 bits per heavy atom. The van der Waals surface area contributed by atoms with Gasteiger partial charge in [-0.1, -0.05) is 12.1 Å². The number of carbonyl (C=O) groups excluding carboxylic acids is 2. The molecule has 1 atom stereocenters. The first-order valence-corrected chi connectivity index (χ1v) is 10.4. The number of carbonyl (C=O) groups is 2. The smallest absolute Gasteiger partial charge is 0.300 e. The molecule has 0 saturated carbocycles. The molecule has 1 aromatic heterocycles. The van der Waals surface area contributed by atoms with Gasteiger partial charge in [-0.15, -0.1) is 0 Å². The average molecular weight is 444 g/mol. The molecular formula is C26H24N2O5. The standard InChI is InChI=1S/C26H24N2O5/c1-15-10-16(2)12-19(11-15)28-23(18-6-5-9-27-14-18)22(25(30)26(28)31)24(29)17-7-8-20(32-3)21(13-17)33-4/h5-14,23,29H,1-4H3/b24-22-. The number of aryl methyl sites for hydroxylation is 2. The molecule has 1 fully saturated rings. The van der Waals surface area contributed by atoms with Gasteiger partial charge in [-0.2, -0.15) is 0 Å². The van der Waals surface area contributed by atoms with E-state index in [1.807, 2.05) is 32.0 Å². The molecule has 2 aromatic carbocycles. The molecule has 1 amide bonds. The second kappa shape index (κ2) is 8.78. The maximum absolute atomic E-state index is 13.2. The summed E-state index contributed by atoms with van der Waals surface area (Å²) in [6.07, 6.45) is 3.20. The molecule has 1 aliphatic heterocycles. The molecule has 1 saturated heterocycles. The Labute approximate surface area is 191 Å². The molecule has 1 aliphatic rings. The number of anilines is 1. The van der Waals surface area contributed by atoms with Crippen LogP contribution in [-0.4, -0.2) is 36.0 Å². The zero-order valence-electron chi connectivity index (χ0n) is 18.8. The number of hydrogen-bond acceptors (Lipinski definition) is 6. The summed E-state index contributed by atoms with van der Waals surface area (Å²) in [4.78, 5) is 32.1. The van der Waals surface area contributed by atoms with Gasteiger partial charge in [-0.25, -0.2) is 0 Å². The van der Waals surface area contributed by atoms with Crippen LogP contribution in [0.5, 0.6) is 11.5 Å². The fraction of sp³-hybridized carbons (Fsp3) is 0.192. The molecule has 0 radical (unpaired) electrons. The lowest BCUT2D eigenvalue weighted by atomic mass is 9.96. The Bertz CT molecular complexity index is 1250. The Balaban J connectivity index is 1.95. The highest BCUT2D eigenvalue weighted by molar-refractivity contribution is 6.51. The zero-order valence-corrected chi connectivity index (χ0v) is 18.8. The molecule has 1 unspecified atom stereocenters. The van der Waals surface area contributed by atoms with Crippen molar-refractivity contribution in [1.29, 1.82) is 0 Å². The van der Waals surface area contributed by atoms with Crippen molar-refractivity contribution in [3.63, 3.8) is 0 Å². The van der Waals surface area contributed by atoms with Gasteiger partial charge in [0.05, 0.1) is 25.8 Å². The Kier molecular flexibility index (Phi) is 5.87. The van der Waals surface area contributed by atoms with Crippen molar-refractivity contribution in [3.05, 3.63) is 88.8 Å². The Morgan fingerprint density at radius 2 is 1.67 bits per heavy atom. The maximum Gasteiger partial charge on any atom is 0.300 e. The van der Waals surface area contributed by atoms with Crippen molar-refractivity contribution in [2.24, 2.45) is 0 Å². The molecular weight excluding hydrogens is 420 g/mol. The summed E-state index contributed by atoms with van der Waals surface area (Å²) in [5, 5.41) is 11.3. The van der Waals surface area contributed by atoms with Crippen LogP contribution in [0.2, 0.25) is 0 Å². The minimum absolute atomic E-state index is 0.0145. The monoisotopic (exact) mass is 444 g/mol. The predicted octanol–water partition coefficient (Wildman–Crippen LogP) is 4.34. The van der Waals surface area contributed by atoms with E-state index in [-0.39, 0.29) is 11.3 Å². The number of aromatic nitrogens is 1. The summed E-state index contributed by atoms with van der Waals surface area (Å²) >= 11 is 0. The van der Waals surface area contributed by atoms with E-state index in [1.54, 1.807) is 42.7 Å². The van der Waals surface area contributed by atoms with Crippen LogP contribution in [-0.2, 0) is 9.59 Å². The quantitative estimate of drug-likeness (QED) is 0.358. The van der Waals surface area contributed by atoms with Gasteiger partial charge in [0, 0.05) is 23.6 Å². The number of hydrogen-bond donors (Lipinski definition) is 1. The van der Waals surface area contributed by atoms with Gasteiger partial charge < -0.3 is 14.6 Å². The van der Waals surface area contributed by atoms with E-state index in [2.05, 4.69) is 4.98 Å². The van der Waals surface area contributed by atoms with Gasteiger partial charge in [0.2, 0.25) is 0 Å². The van der Waals surface area contributed by atoms with Crippen LogP contribution in [0.25, 0.3) is 5.76 Å². The molecule has 7 nitrogen and oxygen atoms in total. The number of ether oxygens (including phenoxy) is 2. The summed E-state index contributed by atoms with van der Waals surface area (Å²) < 4.78 is 10.6. The molecule has 1 N–H and O–H groups in total. The number of nitrogens with zero attached hydrogens (tertiary/aromatic N) is 2. The Hall–Kier alpha value is -4.13. The molecule has 4 rings (SSSR count). The average Bonchev–Trinajstić information content (AvgIpc) is 3.08. The molecule has 2 heterocycles. The Morgan fingerprint density at radius 1 is 0.970 bits per heavy atom.